The van der Waals surface area contributed by atoms with E-state index in [2.05, 4.69) is 5.32 Å². The minimum atomic E-state index is -1.51. The normalized spacial score (nSPS) is 26.6. The van der Waals surface area contributed by atoms with Gasteiger partial charge in [-0.2, -0.15) is 0 Å². The lowest BCUT2D eigenvalue weighted by molar-refractivity contribution is -0.150. The number of carbonyl (C=O) groups is 3. The van der Waals surface area contributed by atoms with E-state index in [4.69, 9.17) is 0 Å². The molecular weight excluding hydrogens is 512 g/mol. The van der Waals surface area contributed by atoms with Crippen molar-refractivity contribution in [3.05, 3.63) is 101 Å². The van der Waals surface area contributed by atoms with Gasteiger partial charge in [-0.3, -0.25) is 19.7 Å². The van der Waals surface area contributed by atoms with Gasteiger partial charge < -0.3 is 5.11 Å². The maximum absolute atomic E-state index is 14.2. The van der Waals surface area contributed by atoms with E-state index < -0.39 is 35.3 Å². The molecule has 2 amide bonds. The molecule has 2 saturated heterocycles. The van der Waals surface area contributed by atoms with Crippen LogP contribution in [0.5, 0.6) is 0 Å². The molecule has 3 aliphatic rings. The summed E-state index contributed by atoms with van der Waals surface area (Å²) in [6.45, 7) is 1.87. The summed E-state index contributed by atoms with van der Waals surface area (Å²) >= 11 is 0. The van der Waals surface area contributed by atoms with Crippen LogP contribution in [0, 0.1) is 24.7 Å². The maximum Gasteiger partial charge on any atom is 0.324 e. The number of benzene rings is 3. The minimum Gasteiger partial charge on any atom is -0.480 e. The van der Waals surface area contributed by atoms with Crippen LogP contribution in [-0.4, -0.2) is 28.4 Å². The van der Waals surface area contributed by atoms with Crippen LogP contribution in [-0.2, 0) is 14.4 Å². The van der Waals surface area contributed by atoms with Crippen LogP contribution in [0.15, 0.2) is 78.9 Å². The lowest BCUT2D eigenvalue weighted by atomic mass is 9.72. The topological polar surface area (TPSA) is 86.7 Å². The molecule has 41 heavy (non-hydrogen) atoms. The number of carboxylic acid groups (broad SMARTS) is 1. The summed E-state index contributed by atoms with van der Waals surface area (Å²) in [7, 11) is 0. The Bertz CT molecular complexity index is 1480. The zero-order valence-electron chi connectivity index (χ0n) is 23.3. The number of fused-ring (bicyclic) bond motifs is 1. The number of para-hydroxylation sites is 1. The van der Waals surface area contributed by atoms with Crippen molar-refractivity contribution in [2.24, 2.45) is 17.8 Å². The quantitative estimate of drug-likeness (QED) is 0.263. The number of hydrogen-bond acceptors (Lipinski definition) is 4. The van der Waals surface area contributed by atoms with E-state index in [-0.39, 0.29) is 11.8 Å². The minimum absolute atomic E-state index is 0.202. The molecule has 6 rings (SSSR count). The Labute approximate surface area is 241 Å². The number of carboxylic acids is 1. The molecule has 1 aliphatic carbocycles. The number of hydrogen-bond donors (Lipinski definition) is 2. The number of imide groups is 1. The lowest BCUT2D eigenvalue weighted by Gasteiger charge is -2.35. The van der Waals surface area contributed by atoms with Gasteiger partial charge >= 0.3 is 5.97 Å². The molecule has 2 heterocycles. The largest absolute Gasteiger partial charge is 0.480 e. The molecule has 2 aliphatic heterocycles. The van der Waals surface area contributed by atoms with E-state index in [1.54, 1.807) is 12.1 Å². The number of carbonyl (C=O) groups excluding carboxylic acids is 2. The molecule has 3 aromatic carbocycles. The molecule has 3 aromatic rings. The summed E-state index contributed by atoms with van der Waals surface area (Å²) in [4.78, 5) is 42.7. The number of nitrogens with zero attached hydrogens (tertiary/aromatic N) is 1. The Morgan fingerprint density at radius 1 is 0.878 bits per heavy atom. The second kappa shape index (κ2) is 11.1. The van der Waals surface area contributed by atoms with Crippen molar-refractivity contribution in [2.75, 3.05) is 4.90 Å². The molecule has 0 radical (unpaired) electrons. The maximum atomic E-state index is 14.2. The first-order chi connectivity index (χ1) is 19.9. The monoisotopic (exact) mass is 548 g/mol. The van der Waals surface area contributed by atoms with E-state index in [1.807, 2.05) is 85.8 Å². The Hall–Kier alpha value is -4.03. The Morgan fingerprint density at radius 2 is 1.51 bits per heavy atom. The summed E-state index contributed by atoms with van der Waals surface area (Å²) in [5, 5.41) is 14.2. The van der Waals surface area contributed by atoms with Crippen molar-refractivity contribution in [3.63, 3.8) is 0 Å². The number of amides is 2. The fourth-order valence-corrected chi connectivity index (χ4v) is 7.23. The van der Waals surface area contributed by atoms with Crippen LogP contribution in [0.25, 0.3) is 12.2 Å². The van der Waals surface area contributed by atoms with Crippen molar-refractivity contribution >= 4 is 35.6 Å². The number of anilines is 1. The smallest absolute Gasteiger partial charge is 0.324 e. The standard InChI is InChI=1S/C35H36N2O4/c1-23-10-8-9-15-28(23)37-32(38)29-30(33(37)39)35(34(40)41,22-26-13-6-3-7-14-26)36-31(29)27-20-18-25(19-21-27)17-16-24-11-4-2-5-12-24/h2,4-5,8-12,15-21,26,29-31,36H,3,6-7,13-14,22H2,1H3,(H,40,41)/b17-16+. The third kappa shape index (κ3) is 4.91. The lowest BCUT2D eigenvalue weighted by Crippen LogP contribution is -2.57. The molecule has 0 bridgehead atoms. The summed E-state index contributed by atoms with van der Waals surface area (Å²) in [6, 6.07) is 24.6. The molecule has 210 valence electrons. The molecule has 3 fully saturated rings. The van der Waals surface area contributed by atoms with E-state index in [0.29, 0.717) is 12.1 Å². The molecule has 1 saturated carbocycles. The van der Waals surface area contributed by atoms with Gasteiger partial charge in [-0.25, -0.2) is 4.90 Å². The first kappa shape index (κ1) is 27.2. The van der Waals surface area contributed by atoms with E-state index in [9.17, 15) is 19.5 Å². The van der Waals surface area contributed by atoms with Gasteiger partial charge in [-0.05, 0) is 47.6 Å². The van der Waals surface area contributed by atoms with Gasteiger partial charge in [0.05, 0.1) is 17.5 Å². The van der Waals surface area contributed by atoms with E-state index in [1.165, 1.54) is 4.90 Å². The SMILES string of the molecule is Cc1ccccc1N1C(=O)C2C(c3ccc(/C=C/c4ccccc4)cc3)NC(CC3CCCCC3)(C(=O)O)C2C1=O. The summed E-state index contributed by atoms with van der Waals surface area (Å²) in [5.74, 6) is -3.36. The zero-order chi connectivity index (χ0) is 28.6. The van der Waals surface area contributed by atoms with Gasteiger partial charge in [-0.1, -0.05) is 117 Å². The highest BCUT2D eigenvalue weighted by Crippen LogP contribution is 2.53. The molecule has 4 unspecified atom stereocenters. The average Bonchev–Trinajstić information content (AvgIpc) is 3.47. The van der Waals surface area contributed by atoms with Crippen molar-refractivity contribution < 1.29 is 19.5 Å². The molecule has 4 atom stereocenters. The summed E-state index contributed by atoms with van der Waals surface area (Å²) in [5.41, 5.74) is 2.74. The van der Waals surface area contributed by atoms with Crippen molar-refractivity contribution in [1.82, 2.24) is 5.32 Å². The number of rotatable bonds is 7. The van der Waals surface area contributed by atoms with E-state index in [0.717, 1.165) is 54.4 Å². The number of aliphatic carboxylic acids is 1. The highest BCUT2D eigenvalue weighted by molar-refractivity contribution is 6.24. The van der Waals surface area contributed by atoms with Crippen LogP contribution in [0.1, 0.15) is 66.8 Å². The number of aryl methyl sites for hydroxylation is 1. The van der Waals surface area contributed by atoms with Gasteiger partial charge in [0.2, 0.25) is 11.8 Å². The molecular formula is C35H36N2O4. The average molecular weight is 549 g/mol. The summed E-state index contributed by atoms with van der Waals surface area (Å²) in [6.07, 6.45) is 9.60. The van der Waals surface area contributed by atoms with Gasteiger partial charge in [0.15, 0.2) is 0 Å². The molecule has 0 aromatic heterocycles. The van der Waals surface area contributed by atoms with Crippen molar-refractivity contribution in [1.29, 1.82) is 0 Å². The molecule has 2 N–H and O–H groups in total. The third-order valence-electron chi connectivity index (χ3n) is 9.29. The van der Waals surface area contributed by atoms with Gasteiger partial charge in [0.1, 0.15) is 5.54 Å². The fourth-order valence-electron chi connectivity index (χ4n) is 7.23. The third-order valence-corrected chi connectivity index (χ3v) is 9.29. The predicted molar refractivity (Wildman–Crippen MR) is 160 cm³/mol. The fraction of sp³-hybridized carbons (Fsp3) is 0.343. The first-order valence-corrected chi connectivity index (χ1v) is 14.7. The van der Waals surface area contributed by atoms with Gasteiger partial charge in [0.25, 0.3) is 0 Å². The van der Waals surface area contributed by atoms with E-state index >= 15 is 0 Å². The molecule has 6 heteroatoms. The molecule has 0 spiro atoms. The Kier molecular flexibility index (Phi) is 7.35. The van der Waals surface area contributed by atoms with Crippen molar-refractivity contribution in [2.45, 2.75) is 57.0 Å². The van der Waals surface area contributed by atoms with Crippen LogP contribution in [0.2, 0.25) is 0 Å². The predicted octanol–water partition coefficient (Wildman–Crippen LogP) is 6.41. The summed E-state index contributed by atoms with van der Waals surface area (Å²) < 4.78 is 0. The first-order valence-electron chi connectivity index (χ1n) is 14.7. The second-order valence-electron chi connectivity index (χ2n) is 11.8. The Balaban J connectivity index is 1.38. The van der Waals surface area contributed by atoms with Crippen LogP contribution in [0.3, 0.4) is 0 Å². The number of nitrogens with one attached hydrogen (secondary N) is 1. The highest BCUT2D eigenvalue weighted by atomic mass is 16.4. The second-order valence-corrected chi connectivity index (χ2v) is 11.8. The molecule has 6 nitrogen and oxygen atoms in total. The Morgan fingerprint density at radius 3 is 2.17 bits per heavy atom. The van der Waals surface area contributed by atoms with Crippen LogP contribution >= 0.6 is 0 Å². The van der Waals surface area contributed by atoms with Crippen LogP contribution < -0.4 is 10.2 Å². The van der Waals surface area contributed by atoms with Gasteiger partial charge in [0, 0.05) is 6.04 Å². The highest BCUT2D eigenvalue weighted by Gasteiger charge is 2.69. The van der Waals surface area contributed by atoms with Crippen LogP contribution in [0.4, 0.5) is 5.69 Å². The zero-order valence-corrected chi connectivity index (χ0v) is 23.3. The van der Waals surface area contributed by atoms with Gasteiger partial charge in [-0.15, -0.1) is 0 Å². The van der Waals surface area contributed by atoms with Crippen molar-refractivity contribution in [3.8, 4) is 0 Å².